The maximum atomic E-state index is 11.5. The minimum absolute atomic E-state index is 0.314. The van der Waals surface area contributed by atoms with Gasteiger partial charge in [0, 0.05) is 29.6 Å². The van der Waals surface area contributed by atoms with Gasteiger partial charge in [-0.1, -0.05) is 6.92 Å². The molecule has 1 aliphatic rings. The van der Waals surface area contributed by atoms with E-state index in [0.29, 0.717) is 10.8 Å². The van der Waals surface area contributed by atoms with Gasteiger partial charge in [0.2, 0.25) is 0 Å². The molecule has 1 heterocycles. The van der Waals surface area contributed by atoms with Crippen LogP contribution in [0.1, 0.15) is 37.2 Å². The van der Waals surface area contributed by atoms with Crippen LogP contribution >= 0.6 is 0 Å². The van der Waals surface area contributed by atoms with Gasteiger partial charge in [0.05, 0.1) is 4.90 Å². The van der Waals surface area contributed by atoms with Crippen LogP contribution in [0, 0.1) is 0 Å². The number of nitrogens with zero attached hydrogens (tertiary/aromatic N) is 2. The monoisotopic (exact) mass is 317 g/mol. The molecule has 0 aliphatic heterocycles. The zero-order valence-electron chi connectivity index (χ0n) is 12.7. The summed E-state index contributed by atoms with van der Waals surface area (Å²) in [6.07, 6.45) is 4.39. The Morgan fingerprint density at radius 1 is 1.18 bits per heavy atom. The van der Waals surface area contributed by atoms with E-state index in [-0.39, 0.29) is 0 Å². The highest BCUT2D eigenvalue weighted by Crippen LogP contribution is 2.38. The van der Waals surface area contributed by atoms with Crippen molar-refractivity contribution in [2.24, 2.45) is 0 Å². The van der Waals surface area contributed by atoms with Gasteiger partial charge in [-0.15, -0.1) is 0 Å². The molecule has 1 aromatic heterocycles. The number of benzene rings is 1. The zero-order chi connectivity index (χ0) is 15.7. The molecule has 2 aromatic rings. The highest BCUT2D eigenvalue weighted by molar-refractivity contribution is 7.90. The van der Waals surface area contributed by atoms with Crippen molar-refractivity contribution in [2.45, 2.75) is 37.0 Å². The molecule has 3 rings (SSSR count). The van der Waals surface area contributed by atoms with E-state index in [4.69, 9.17) is 0 Å². The predicted molar refractivity (Wildman–Crippen MR) is 86.2 cm³/mol. The van der Waals surface area contributed by atoms with Gasteiger partial charge >= 0.3 is 0 Å². The molecule has 0 atom stereocenters. The lowest BCUT2D eigenvalue weighted by atomic mass is 10.2. The SMILES string of the molecule is CCc1cc(Nc2ccc(S(C)(=O)=O)cc2)nc(C2CC2)n1. The Kier molecular flexibility index (Phi) is 3.87. The Labute approximate surface area is 130 Å². The number of aromatic nitrogens is 2. The maximum Gasteiger partial charge on any atom is 0.175 e. The van der Waals surface area contributed by atoms with Crippen LogP contribution in [0.3, 0.4) is 0 Å². The molecule has 0 spiro atoms. The van der Waals surface area contributed by atoms with Gasteiger partial charge in [0.25, 0.3) is 0 Å². The Morgan fingerprint density at radius 3 is 2.41 bits per heavy atom. The highest BCUT2D eigenvalue weighted by atomic mass is 32.2. The lowest BCUT2D eigenvalue weighted by molar-refractivity contribution is 0.602. The van der Waals surface area contributed by atoms with Crippen LogP contribution in [0.2, 0.25) is 0 Å². The molecule has 6 heteroatoms. The molecule has 0 saturated heterocycles. The van der Waals surface area contributed by atoms with Crippen molar-refractivity contribution >= 4 is 21.3 Å². The van der Waals surface area contributed by atoms with E-state index in [2.05, 4.69) is 22.2 Å². The number of nitrogens with one attached hydrogen (secondary N) is 1. The Balaban J connectivity index is 1.84. The fourth-order valence-corrected chi connectivity index (χ4v) is 2.85. The summed E-state index contributed by atoms with van der Waals surface area (Å²) in [4.78, 5) is 9.45. The lowest BCUT2D eigenvalue weighted by Crippen LogP contribution is -2.03. The summed E-state index contributed by atoms with van der Waals surface area (Å²) in [5, 5.41) is 3.23. The second-order valence-corrected chi connectivity index (χ2v) is 7.67. The van der Waals surface area contributed by atoms with Gasteiger partial charge < -0.3 is 5.32 Å². The average molecular weight is 317 g/mol. The van der Waals surface area contributed by atoms with Gasteiger partial charge in [-0.05, 0) is 43.5 Å². The number of rotatable bonds is 5. The molecule has 0 unspecified atom stereocenters. The number of sulfone groups is 1. The predicted octanol–water partition coefficient (Wildman–Crippen LogP) is 3.06. The number of hydrogen-bond acceptors (Lipinski definition) is 5. The first-order valence-electron chi connectivity index (χ1n) is 7.40. The van der Waals surface area contributed by atoms with Crippen LogP contribution in [0.15, 0.2) is 35.2 Å². The van der Waals surface area contributed by atoms with E-state index >= 15 is 0 Å². The molecule has 0 bridgehead atoms. The van der Waals surface area contributed by atoms with Crippen LogP contribution in [-0.2, 0) is 16.3 Å². The minimum atomic E-state index is -3.17. The molecule has 0 radical (unpaired) electrons. The largest absolute Gasteiger partial charge is 0.340 e. The summed E-state index contributed by atoms with van der Waals surface area (Å²) in [7, 11) is -3.17. The number of anilines is 2. The third kappa shape index (κ3) is 3.44. The first kappa shape index (κ1) is 15.0. The quantitative estimate of drug-likeness (QED) is 0.917. The van der Waals surface area contributed by atoms with E-state index in [1.54, 1.807) is 24.3 Å². The third-order valence-electron chi connectivity index (χ3n) is 3.66. The Bertz CT molecular complexity index is 782. The summed E-state index contributed by atoms with van der Waals surface area (Å²) >= 11 is 0. The smallest absolute Gasteiger partial charge is 0.175 e. The van der Waals surface area contributed by atoms with E-state index in [1.165, 1.54) is 6.26 Å². The van der Waals surface area contributed by atoms with Crippen LogP contribution in [0.25, 0.3) is 0 Å². The van der Waals surface area contributed by atoms with Crippen LogP contribution < -0.4 is 5.32 Å². The highest BCUT2D eigenvalue weighted by Gasteiger charge is 2.27. The molecule has 1 aromatic carbocycles. The summed E-state index contributed by atoms with van der Waals surface area (Å²) in [5.41, 5.74) is 1.84. The summed E-state index contributed by atoms with van der Waals surface area (Å²) < 4.78 is 22.9. The van der Waals surface area contributed by atoms with Crippen LogP contribution in [0.5, 0.6) is 0 Å². The molecule has 1 N–H and O–H groups in total. The molecule has 1 aliphatic carbocycles. The Hall–Kier alpha value is -1.95. The molecular weight excluding hydrogens is 298 g/mol. The first-order chi connectivity index (χ1) is 10.5. The summed E-state index contributed by atoms with van der Waals surface area (Å²) in [6, 6.07) is 8.64. The van der Waals surface area contributed by atoms with Crippen molar-refractivity contribution in [1.82, 2.24) is 9.97 Å². The molecule has 5 nitrogen and oxygen atoms in total. The van der Waals surface area contributed by atoms with Crippen molar-refractivity contribution < 1.29 is 8.42 Å². The van der Waals surface area contributed by atoms with Gasteiger partial charge in [-0.25, -0.2) is 18.4 Å². The standard InChI is InChI=1S/C16H19N3O2S/c1-3-12-10-15(19-16(18-12)11-4-5-11)17-13-6-8-14(9-7-13)22(2,20)21/h6-11H,3-5H2,1-2H3,(H,17,18,19). The van der Waals surface area contributed by atoms with Crippen molar-refractivity contribution in [3.63, 3.8) is 0 Å². The average Bonchev–Trinajstić information content (AvgIpc) is 3.31. The molecule has 0 amide bonds. The normalized spacial score (nSPS) is 14.8. The van der Waals surface area contributed by atoms with E-state index in [1.807, 2.05) is 6.07 Å². The molecule has 22 heavy (non-hydrogen) atoms. The van der Waals surface area contributed by atoms with E-state index < -0.39 is 9.84 Å². The van der Waals surface area contributed by atoms with E-state index in [9.17, 15) is 8.42 Å². The second-order valence-electron chi connectivity index (χ2n) is 5.65. The molecule has 1 fully saturated rings. The third-order valence-corrected chi connectivity index (χ3v) is 4.78. The van der Waals surface area contributed by atoms with Crippen molar-refractivity contribution in [1.29, 1.82) is 0 Å². The fraction of sp³-hybridized carbons (Fsp3) is 0.375. The topological polar surface area (TPSA) is 72.0 Å². The first-order valence-corrected chi connectivity index (χ1v) is 9.30. The minimum Gasteiger partial charge on any atom is -0.340 e. The van der Waals surface area contributed by atoms with Gasteiger partial charge in [0.1, 0.15) is 11.6 Å². The Morgan fingerprint density at radius 2 is 1.86 bits per heavy atom. The summed E-state index contributed by atoms with van der Waals surface area (Å²) in [5.74, 6) is 2.18. The van der Waals surface area contributed by atoms with Gasteiger partial charge in [-0.2, -0.15) is 0 Å². The number of hydrogen-bond donors (Lipinski definition) is 1. The molecule has 116 valence electrons. The number of aryl methyl sites for hydroxylation is 1. The van der Waals surface area contributed by atoms with Crippen LogP contribution in [0.4, 0.5) is 11.5 Å². The van der Waals surface area contributed by atoms with Crippen molar-refractivity contribution in [3.05, 3.63) is 41.9 Å². The van der Waals surface area contributed by atoms with Crippen molar-refractivity contribution in [2.75, 3.05) is 11.6 Å². The fourth-order valence-electron chi connectivity index (χ4n) is 2.22. The van der Waals surface area contributed by atoms with Gasteiger partial charge in [0.15, 0.2) is 9.84 Å². The summed E-state index contributed by atoms with van der Waals surface area (Å²) in [6.45, 7) is 2.07. The molecular formula is C16H19N3O2S. The second kappa shape index (κ2) is 5.68. The van der Waals surface area contributed by atoms with Crippen LogP contribution in [-0.4, -0.2) is 24.6 Å². The van der Waals surface area contributed by atoms with Gasteiger partial charge in [-0.3, -0.25) is 0 Å². The zero-order valence-corrected chi connectivity index (χ0v) is 13.5. The lowest BCUT2D eigenvalue weighted by Gasteiger charge is -2.09. The van der Waals surface area contributed by atoms with Crippen molar-refractivity contribution in [3.8, 4) is 0 Å². The van der Waals surface area contributed by atoms with E-state index in [0.717, 1.165) is 42.3 Å². The molecule has 1 saturated carbocycles. The maximum absolute atomic E-state index is 11.5.